The molecule has 2 aliphatic rings. The van der Waals surface area contributed by atoms with Crippen LogP contribution in [0.3, 0.4) is 0 Å². The summed E-state index contributed by atoms with van der Waals surface area (Å²) in [7, 11) is 0. The largest absolute Gasteiger partial charge is 0.327 e. The number of piperidine rings is 1. The van der Waals surface area contributed by atoms with E-state index in [-0.39, 0.29) is 6.04 Å². The third kappa shape index (κ3) is 4.62. The molecule has 1 heterocycles. The Bertz CT molecular complexity index is 642. The molecule has 3 unspecified atom stereocenters. The van der Waals surface area contributed by atoms with Gasteiger partial charge >= 0.3 is 0 Å². The first-order chi connectivity index (χ1) is 13.3. The highest BCUT2D eigenvalue weighted by Crippen LogP contribution is 2.36. The Morgan fingerprint density at radius 2 is 1.41 bits per heavy atom. The minimum atomic E-state index is 0.219. The highest BCUT2D eigenvalue weighted by atomic mass is 15.2. The summed E-state index contributed by atoms with van der Waals surface area (Å²) in [6, 6.07) is 22.8. The lowest BCUT2D eigenvalue weighted by molar-refractivity contribution is 0.0552. The average Bonchev–Trinajstić information content (AvgIpc) is 2.73. The van der Waals surface area contributed by atoms with Crippen LogP contribution in [0.1, 0.15) is 62.0 Å². The highest BCUT2D eigenvalue weighted by Gasteiger charge is 2.34. The number of fused-ring (bicyclic) bond motifs is 1. The fourth-order valence-electron chi connectivity index (χ4n) is 5.47. The van der Waals surface area contributed by atoms with Gasteiger partial charge in [0.1, 0.15) is 0 Å². The molecule has 0 radical (unpaired) electrons. The van der Waals surface area contributed by atoms with Gasteiger partial charge in [0.2, 0.25) is 0 Å². The second-order valence-electron chi connectivity index (χ2n) is 8.62. The van der Waals surface area contributed by atoms with Crippen LogP contribution in [0, 0.1) is 5.92 Å². The van der Waals surface area contributed by atoms with Gasteiger partial charge < -0.3 is 5.73 Å². The molecule has 1 aliphatic heterocycles. The van der Waals surface area contributed by atoms with Gasteiger partial charge in [-0.25, -0.2) is 0 Å². The maximum absolute atomic E-state index is 6.76. The zero-order chi connectivity index (χ0) is 18.5. The van der Waals surface area contributed by atoms with Gasteiger partial charge in [0.15, 0.2) is 0 Å². The number of rotatable bonds is 6. The molecule has 1 saturated carbocycles. The summed E-state index contributed by atoms with van der Waals surface area (Å²) in [5.74, 6) is 1.31. The fourth-order valence-corrected chi connectivity index (χ4v) is 5.47. The predicted molar refractivity (Wildman–Crippen MR) is 114 cm³/mol. The molecule has 0 aromatic heterocycles. The van der Waals surface area contributed by atoms with Crippen LogP contribution < -0.4 is 5.73 Å². The van der Waals surface area contributed by atoms with Gasteiger partial charge in [-0.05, 0) is 55.7 Å². The first-order valence-electron chi connectivity index (χ1n) is 10.9. The second kappa shape index (κ2) is 9.03. The van der Waals surface area contributed by atoms with Crippen molar-refractivity contribution < 1.29 is 0 Å². The van der Waals surface area contributed by atoms with Gasteiger partial charge in [-0.15, -0.1) is 0 Å². The van der Waals surface area contributed by atoms with Crippen LogP contribution in [0.4, 0.5) is 0 Å². The summed E-state index contributed by atoms with van der Waals surface area (Å²) < 4.78 is 0. The lowest BCUT2D eigenvalue weighted by Gasteiger charge is -2.45. The van der Waals surface area contributed by atoms with E-state index in [1.807, 2.05) is 0 Å². The summed E-state index contributed by atoms with van der Waals surface area (Å²) >= 11 is 0. The van der Waals surface area contributed by atoms with Crippen molar-refractivity contribution in [2.75, 3.05) is 13.1 Å². The molecule has 2 aromatic carbocycles. The minimum Gasteiger partial charge on any atom is -0.327 e. The molecule has 0 bridgehead atoms. The van der Waals surface area contributed by atoms with Gasteiger partial charge in [-0.3, -0.25) is 4.90 Å². The maximum Gasteiger partial charge on any atom is 0.0177 e. The van der Waals surface area contributed by atoms with Gasteiger partial charge in [0.05, 0.1) is 0 Å². The van der Waals surface area contributed by atoms with Crippen LogP contribution in [0.15, 0.2) is 60.7 Å². The SMILES string of the molecule is NC(CC(c1ccccc1)c1ccccc1)CN1CCCC2CCCCC21. The summed E-state index contributed by atoms with van der Waals surface area (Å²) in [4.78, 5) is 2.74. The van der Waals surface area contributed by atoms with Crippen LogP contribution in [0.2, 0.25) is 0 Å². The smallest absolute Gasteiger partial charge is 0.0177 e. The van der Waals surface area contributed by atoms with Crippen molar-refractivity contribution in [3.63, 3.8) is 0 Å². The third-order valence-electron chi connectivity index (χ3n) is 6.77. The Morgan fingerprint density at radius 1 is 0.815 bits per heavy atom. The quantitative estimate of drug-likeness (QED) is 0.766. The Labute approximate surface area is 164 Å². The molecule has 2 fully saturated rings. The molecule has 3 atom stereocenters. The van der Waals surface area contributed by atoms with E-state index in [1.54, 1.807) is 0 Å². The van der Waals surface area contributed by atoms with Crippen molar-refractivity contribution in [3.8, 4) is 0 Å². The van der Waals surface area contributed by atoms with Crippen molar-refractivity contribution in [2.45, 2.75) is 62.9 Å². The number of benzene rings is 2. The molecular formula is C25H34N2. The zero-order valence-corrected chi connectivity index (χ0v) is 16.5. The number of likely N-dealkylation sites (tertiary alicyclic amines) is 1. The summed E-state index contributed by atoms with van der Waals surface area (Å²) in [5.41, 5.74) is 9.53. The molecule has 0 spiro atoms. The minimum absolute atomic E-state index is 0.219. The van der Waals surface area contributed by atoms with Gasteiger partial charge in [0.25, 0.3) is 0 Å². The van der Waals surface area contributed by atoms with Crippen molar-refractivity contribution in [3.05, 3.63) is 71.8 Å². The molecule has 0 amide bonds. The standard InChI is InChI=1S/C25H34N2/c26-23(19-27-17-9-15-22-14-7-8-16-25(22)27)18-24(20-10-3-1-4-11-20)21-12-5-2-6-13-21/h1-6,10-13,22-25H,7-9,14-19,26H2. The summed E-state index contributed by atoms with van der Waals surface area (Å²) in [6.45, 7) is 2.30. The molecule has 144 valence electrons. The van der Waals surface area contributed by atoms with Gasteiger partial charge in [0, 0.05) is 24.5 Å². The van der Waals surface area contributed by atoms with E-state index in [9.17, 15) is 0 Å². The van der Waals surface area contributed by atoms with Crippen LogP contribution in [0.25, 0.3) is 0 Å². The van der Waals surface area contributed by atoms with E-state index in [2.05, 4.69) is 65.6 Å². The van der Waals surface area contributed by atoms with Crippen molar-refractivity contribution >= 4 is 0 Å². The van der Waals surface area contributed by atoms with Gasteiger partial charge in [-0.2, -0.15) is 0 Å². The van der Waals surface area contributed by atoms with Crippen LogP contribution >= 0.6 is 0 Å². The first-order valence-corrected chi connectivity index (χ1v) is 10.9. The Hall–Kier alpha value is -1.64. The number of hydrogen-bond donors (Lipinski definition) is 1. The number of nitrogens with two attached hydrogens (primary N) is 1. The molecular weight excluding hydrogens is 328 g/mol. The van der Waals surface area contributed by atoms with Crippen LogP contribution in [0.5, 0.6) is 0 Å². The Kier molecular flexibility index (Phi) is 6.26. The molecule has 2 heteroatoms. The fraction of sp³-hybridized carbons (Fsp3) is 0.520. The molecule has 2 aromatic rings. The summed E-state index contributed by atoms with van der Waals surface area (Å²) in [6.07, 6.45) is 9.48. The molecule has 2 nitrogen and oxygen atoms in total. The van der Waals surface area contributed by atoms with Crippen molar-refractivity contribution in [1.29, 1.82) is 0 Å². The summed E-state index contributed by atoms with van der Waals surface area (Å²) in [5, 5.41) is 0. The normalized spacial score (nSPS) is 24.5. The van der Waals surface area contributed by atoms with E-state index < -0.39 is 0 Å². The molecule has 4 rings (SSSR count). The molecule has 27 heavy (non-hydrogen) atoms. The average molecular weight is 363 g/mol. The third-order valence-corrected chi connectivity index (χ3v) is 6.77. The maximum atomic E-state index is 6.76. The molecule has 2 N–H and O–H groups in total. The Morgan fingerprint density at radius 3 is 2.07 bits per heavy atom. The monoisotopic (exact) mass is 362 g/mol. The van der Waals surface area contributed by atoms with E-state index in [1.165, 1.54) is 56.2 Å². The molecule has 1 aliphatic carbocycles. The Balaban J connectivity index is 1.46. The van der Waals surface area contributed by atoms with Crippen LogP contribution in [-0.2, 0) is 0 Å². The highest BCUT2D eigenvalue weighted by molar-refractivity contribution is 5.32. The van der Waals surface area contributed by atoms with Gasteiger partial charge in [-0.1, -0.05) is 73.5 Å². The lowest BCUT2D eigenvalue weighted by atomic mass is 9.78. The zero-order valence-electron chi connectivity index (χ0n) is 16.5. The predicted octanol–water partition coefficient (Wildman–Crippen LogP) is 5.19. The van der Waals surface area contributed by atoms with Crippen molar-refractivity contribution in [2.24, 2.45) is 11.7 Å². The second-order valence-corrected chi connectivity index (χ2v) is 8.62. The first kappa shape index (κ1) is 18.7. The lowest BCUT2D eigenvalue weighted by Crippen LogP contribution is -2.51. The van der Waals surface area contributed by atoms with Crippen LogP contribution in [-0.4, -0.2) is 30.1 Å². The van der Waals surface area contributed by atoms with Crippen molar-refractivity contribution in [1.82, 2.24) is 4.90 Å². The van der Waals surface area contributed by atoms with E-state index in [4.69, 9.17) is 5.73 Å². The number of hydrogen-bond acceptors (Lipinski definition) is 2. The molecule has 1 saturated heterocycles. The van der Waals surface area contributed by atoms with E-state index in [0.29, 0.717) is 5.92 Å². The number of nitrogens with zero attached hydrogens (tertiary/aromatic N) is 1. The topological polar surface area (TPSA) is 29.3 Å². The van der Waals surface area contributed by atoms with E-state index >= 15 is 0 Å². The van der Waals surface area contributed by atoms with E-state index in [0.717, 1.165) is 24.9 Å².